The van der Waals surface area contributed by atoms with Crippen molar-refractivity contribution in [3.63, 3.8) is 0 Å². The Morgan fingerprint density at radius 1 is 1.23 bits per heavy atom. The molecule has 1 heterocycles. The molecule has 1 amide bonds. The fourth-order valence-corrected chi connectivity index (χ4v) is 4.40. The summed E-state index contributed by atoms with van der Waals surface area (Å²) in [4.78, 5) is 20.5. The molecule has 2 atom stereocenters. The number of nitrogens with one attached hydrogen (secondary N) is 1. The second-order valence-corrected chi connectivity index (χ2v) is 8.49. The smallest absolute Gasteiger partial charge is 0.278 e. The van der Waals surface area contributed by atoms with E-state index in [9.17, 15) is 4.79 Å². The van der Waals surface area contributed by atoms with Crippen molar-refractivity contribution in [3.8, 4) is 11.5 Å². The first-order chi connectivity index (χ1) is 14.4. The van der Waals surface area contributed by atoms with E-state index in [-0.39, 0.29) is 11.9 Å². The Bertz CT molecular complexity index is 971. The molecule has 0 aliphatic rings. The van der Waals surface area contributed by atoms with E-state index >= 15 is 0 Å². The predicted octanol–water partition coefficient (Wildman–Crippen LogP) is 2.94. The van der Waals surface area contributed by atoms with Gasteiger partial charge in [-0.3, -0.25) is 4.79 Å². The van der Waals surface area contributed by atoms with Crippen molar-refractivity contribution >= 4 is 27.5 Å². The largest absolute Gasteiger partial charge is 0.493 e. The molecule has 2 aromatic carbocycles. The highest BCUT2D eigenvalue weighted by atomic mass is 32.1. The first-order valence-corrected chi connectivity index (χ1v) is 11.0. The molecule has 1 N–H and O–H groups in total. The SMILES string of the molecule is CCOc1ccc(C[NH+](C)CC(=O)N(C)[C@H](C)c2nc3ccccc3s2)cc1OC. The summed E-state index contributed by atoms with van der Waals surface area (Å²) in [6.07, 6.45) is 0. The maximum absolute atomic E-state index is 12.9. The number of thiazole rings is 1. The number of carbonyl (C=O) groups is 1. The number of quaternary nitrogens is 1. The number of methoxy groups -OCH3 is 1. The summed E-state index contributed by atoms with van der Waals surface area (Å²) in [5.41, 5.74) is 2.08. The summed E-state index contributed by atoms with van der Waals surface area (Å²) in [6, 6.07) is 13.9. The summed E-state index contributed by atoms with van der Waals surface area (Å²) in [7, 11) is 5.52. The van der Waals surface area contributed by atoms with E-state index < -0.39 is 0 Å². The first-order valence-electron chi connectivity index (χ1n) is 10.1. The number of likely N-dealkylation sites (N-methyl/N-ethyl adjacent to an activating group) is 2. The molecule has 0 fully saturated rings. The standard InChI is InChI=1S/C23H29N3O3S/c1-6-29-19-12-11-17(13-20(19)28-5)14-25(3)15-22(27)26(4)16(2)23-24-18-9-7-8-10-21(18)30-23/h7-13,16H,6,14-15H2,1-5H3/p+1/t16-/m1/s1. The van der Waals surface area contributed by atoms with E-state index in [1.807, 2.05) is 64.3 Å². The minimum absolute atomic E-state index is 0.0618. The molecule has 7 heteroatoms. The Kier molecular flexibility index (Phi) is 7.29. The lowest BCUT2D eigenvalue weighted by Crippen LogP contribution is -3.08. The lowest BCUT2D eigenvalue weighted by atomic mass is 10.2. The lowest BCUT2D eigenvalue weighted by Gasteiger charge is -2.24. The minimum atomic E-state index is -0.0618. The van der Waals surface area contributed by atoms with Crippen LogP contribution in [0.15, 0.2) is 42.5 Å². The van der Waals surface area contributed by atoms with Crippen LogP contribution in [0, 0.1) is 0 Å². The van der Waals surface area contributed by atoms with Gasteiger partial charge >= 0.3 is 0 Å². The number of carbonyl (C=O) groups excluding carboxylic acids is 1. The van der Waals surface area contributed by atoms with Crippen LogP contribution in [-0.4, -0.2) is 50.1 Å². The van der Waals surface area contributed by atoms with Gasteiger partial charge in [-0.15, -0.1) is 11.3 Å². The number of fused-ring (bicyclic) bond motifs is 1. The van der Waals surface area contributed by atoms with E-state index in [1.165, 1.54) is 0 Å². The van der Waals surface area contributed by atoms with Crippen LogP contribution in [-0.2, 0) is 11.3 Å². The highest BCUT2D eigenvalue weighted by molar-refractivity contribution is 7.18. The molecule has 0 radical (unpaired) electrons. The summed E-state index contributed by atoms with van der Waals surface area (Å²) < 4.78 is 12.2. The average Bonchev–Trinajstić information content (AvgIpc) is 3.18. The van der Waals surface area contributed by atoms with Crippen LogP contribution in [0.4, 0.5) is 0 Å². The molecule has 0 bridgehead atoms. The monoisotopic (exact) mass is 428 g/mol. The molecule has 0 saturated carbocycles. The molecule has 160 valence electrons. The van der Waals surface area contributed by atoms with Crippen LogP contribution in [0.25, 0.3) is 10.2 Å². The van der Waals surface area contributed by atoms with Crippen molar-refractivity contribution in [2.45, 2.75) is 26.4 Å². The van der Waals surface area contributed by atoms with Gasteiger partial charge in [0.25, 0.3) is 5.91 Å². The number of rotatable bonds is 9. The topological polar surface area (TPSA) is 56.1 Å². The molecule has 0 spiro atoms. The van der Waals surface area contributed by atoms with Gasteiger partial charge in [0.15, 0.2) is 18.0 Å². The third-order valence-electron chi connectivity index (χ3n) is 5.13. The maximum atomic E-state index is 12.9. The number of hydrogen-bond acceptors (Lipinski definition) is 5. The van der Waals surface area contributed by atoms with Crippen molar-refractivity contribution < 1.29 is 19.2 Å². The van der Waals surface area contributed by atoms with E-state index in [4.69, 9.17) is 14.5 Å². The molecule has 0 aliphatic heterocycles. The summed E-state index contributed by atoms with van der Waals surface area (Å²) in [6.45, 7) is 5.69. The quantitative estimate of drug-likeness (QED) is 0.569. The minimum Gasteiger partial charge on any atom is -0.493 e. The highest BCUT2D eigenvalue weighted by Crippen LogP contribution is 2.29. The van der Waals surface area contributed by atoms with Gasteiger partial charge in [-0.25, -0.2) is 4.98 Å². The van der Waals surface area contributed by atoms with Crippen LogP contribution in [0.1, 0.15) is 30.5 Å². The molecule has 0 saturated heterocycles. The Balaban J connectivity index is 1.61. The molecule has 3 aromatic rings. The van der Waals surface area contributed by atoms with Gasteiger partial charge in [-0.2, -0.15) is 0 Å². The predicted molar refractivity (Wildman–Crippen MR) is 120 cm³/mol. The molecule has 30 heavy (non-hydrogen) atoms. The van der Waals surface area contributed by atoms with Crippen LogP contribution < -0.4 is 14.4 Å². The van der Waals surface area contributed by atoms with Gasteiger partial charge in [0, 0.05) is 12.6 Å². The normalized spacial score (nSPS) is 13.1. The number of ether oxygens (including phenoxy) is 2. The number of amides is 1. The Labute approximate surface area is 182 Å². The van der Waals surface area contributed by atoms with Gasteiger partial charge in [0.2, 0.25) is 0 Å². The van der Waals surface area contributed by atoms with E-state index in [0.29, 0.717) is 13.2 Å². The van der Waals surface area contributed by atoms with Crippen LogP contribution in [0.2, 0.25) is 0 Å². The number of aromatic nitrogens is 1. The van der Waals surface area contributed by atoms with Crippen molar-refractivity contribution in [3.05, 3.63) is 53.0 Å². The Hall–Kier alpha value is -2.64. The van der Waals surface area contributed by atoms with Crippen LogP contribution >= 0.6 is 11.3 Å². The number of para-hydroxylation sites is 1. The second kappa shape index (κ2) is 9.91. The fourth-order valence-electron chi connectivity index (χ4n) is 3.34. The number of hydrogen-bond donors (Lipinski definition) is 1. The van der Waals surface area contributed by atoms with Crippen LogP contribution in [0.3, 0.4) is 0 Å². The van der Waals surface area contributed by atoms with Gasteiger partial charge < -0.3 is 19.3 Å². The van der Waals surface area contributed by atoms with Gasteiger partial charge in [0.1, 0.15) is 11.6 Å². The van der Waals surface area contributed by atoms with E-state index in [0.717, 1.165) is 43.7 Å². The molecular weight excluding hydrogens is 398 g/mol. The molecule has 6 nitrogen and oxygen atoms in total. The third kappa shape index (κ3) is 5.09. The van der Waals surface area contributed by atoms with E-state index in [2.05, 4.69) is 6.07 Å². The van der Waals surface area contributed by atoms with Crippen molar-refractivity contribution in [1.82, 2.24) is 9.88 Å². The summed E-state index contributed by atoms with van der Waals surface area (Å²) in [5.74, 6) is 1.55. The van der Waals surface area contributed by atoms with Crippen LogP contribution in [0.5, 0.6) is 11.5 Å². The summed E-state index contributed by atoms with van der Waals surface area (Å²) in [5, 5.41) is 0.959. The third-order valence-corrected chi connectivity index (χ3v) is 6.34. The zero-order valence-electron chi connectivity index (χ0n) is 18.3. The second-order valence-electron chi connectivity index (χ2n) is 7.43. The summed E-state index contributed by atoms with van der Waals surface area (Å²) >= 11 is 1.64. The van der Waals surface area contributed by atoms with Gasteiger partial charge in [0.05, 0.1) is 37.0 Å². The number of nitrogens with zero attached hydrogens (tertiary/aromatic N) is 2. The molecule has 3 rings (SSSR count). The molecular formula is C23H30N3O3S+. The Morgan fingerprint density at radius 3 is 2.70 bits per heavy atom. The fraction of sp³-hybridized carbons (Fsp3) is 0.391. The molecule has 1 aromatic heterocycles. The Morgan fingerprint density at radius 2 is 2.00 bits per heavy atom. The number of benzene rings is 2. The molecule has 0 aliphatic carbocycles. The average molecular weight is 429 g/mol. The van der Waals surface area contributed by atoms with Gasteiger partial charge in [-0.1, -0.05) is 12.1 Å². The van der Waals surface area contributed by atoms with Crippen molar-refractivity contribution in [2.24, 2.45) is 0 Å². The maximum Gasteiger partial charge on any atom is 0.278 e. The highest BCUT2D eigenvalue weighted by Gasteiger charge is 2.23. The zero-order valence-corrected chi connectivity index (χ0v) is 19.1. The van der Waals surface area contributed by atoms with Crippen molar-refractivity contribution in [2.75, 3.05) is 34.4 Å². The lowest BCUT2D eigenvalue weighted by molar-refractivity contribution is -0.885. The zero-order chi connectivity index (χ0) is 21.7. The first kappa shape index (κ1) is 22.1. The van der Waals surface area contributed by atoms with Crippen molar-refractivity contribution in [1.29, 1.82) is 0 Å². The van der Waals surface area contributed by atoms with Gasteiger partial charge in [-0.05, 0) is 44.2 Å². The molecule has 1 unspecified atom stereocenters. The van der Waals surface area contributed by atoms with E-state index in [1.54, 1.807) is 23.3 Å².